The van der Waals surface area contributed by atoms with E-state index in [1.165, 1.54) is 0 Å². The minimum absolute atomic E-state index is 0.00446. The van der Waals surface area contributed by atoms with Crippen LogP contribution >= 0.6 is 15.9 Å². The van der Waals surface area contributed by atoms with Crippen molar-refractivity contribution in [1.82, 2.24) is 4.98 Å². The van der Waals surface area contributed by atoms with Crippen molar-refractivity contribution in [2.24, 2.45) is 0 Å². The third-order valence-corrected chi connectivity index (χ3v) is 4.14. The highest BCUT2D eigenvalue weighted by atomic mass is 79.9. The SMILES string of the molecule is CCC(=O)Nc1ccc(-c2cc(-c3ncco3)ccc2Br)cc1. The van der Waals surface area contributed by atoms with Gasteiger partial charge in [-0.05, 0) is 41.5 Å². The number of nitrogens with zero attached hydrogens (tertiary/aromatic N) is 1. The highest BCUT2D eigenvalue weighted by Crippen LogP contribution is 2.32. The molecule has 4 nitrogen and oxygen atoms in total. The van der Waals surface area contributed by atoms with Crippen LogP contribution in [0.3, 0.4) is 0 Å². The largest absolute Gasteiger partial charge is 0.445 e. The van der Waals surface area contributed by atoms with Crippen LogP contribution in [0, 0.1) is 0 Å². The molecule has 2 aromatic carbocycles. The first-order valence-corrected chi connectivity index (χ1v) is 8.06. The zero-order chi connectivity index (χ0) is 16.2. The van der Waals surface area contributed by atoms with Crippen molar-refractivity contribution in [2.75, 3.05) is 5.32 Å². The molecule has 0 radical (unpaired) electrons. The Labute approximate surface area is 142 Å². The molecule has 3 rings (SSSR count). The summed E-state index contributed by atoms with van der Waals surface area (Å²) in [6, 6.07) is 13.7. The van der Waals surface area contributed by atoms with Gasteiger partial charge in [-0.15, -0.1) is 0 Å². The molecule has 0 bridgehead atoms. The highest BCUT2D eigenvalue weighted by Gasteiger charge is 2.09. The summed E-state index contributed by atoms with van der Waals surface area (Å²) in [6.45, 7) is 1.83. The maximum Gasteiger partial charge on any atom is 0.225 e. The molecule has 0 aliphatic carbocycles. The Morgan fingerprint density at radius 3 is 2.57 bits per heavy atom. The van der Waals surface area contributed by atoms with Gasteiger partial charge in [-0.25, -0.2) is 4.98 Å². The first-order chi connectivity index (χ1) is 11.2. The molecule has 3 aromatic rings. The summed E-state index contributed by atoms with van der Waals surface area (Å²) in [4.78, 5) is 15.6. The maximum atomic E-state index is 11.4. The number of carbonyl (C=O) groups is 1. The lowest BCUT2D eigenvalue weighted by Crippen LogP contribution is -2.08. The maximum absolute atomic E-state index is 11.4. The Bertz CT molecular complexity index is 812. The lowest BCUT2D eigenvalue weighted by atomic mass is 10.0. The monoisotopic (exact) mass is 370 g/mol. The number of anilines is 1. The molecule has 0 spiro atoms. The molecule has 23 heavy (non-hydrogen) atoms. The molecule has 1 heterocycles. The number of halogens is 1. The van der Waals surface area contributed by atoms with E-state index in [1.807, 2.05) is 49.4 Å². The molecule has 0 aliphatic heterocycles. The quantitative estimate of drug-likeness (QED) is 0.693. The van der Waals surface area contributed by atoms with Crippen LogP contribution in [-0.2, 0) is 4.79 Å². The van der Waals surface area contributed by atoms with Crippen molar-refractivity contribution in [3.63, 3.8) is 0 Å². The second-order valence-electron chi connectivity index (χ2n) is 5.01. The Kier molecular flexibility index (Phi) is 4.57. The van der Waals surface area contributed by atoms with E-state index in [0.717, 1.165) is 26.9 Å². The first kappa shape index (κ1) is 15.5. The molecule has 0 unspecified atom stereocenters. The van der Waals surface area contributed by atoms with Crippen LogP contribution in [0.15, 0.2) is 63.8 Å². The average Bonchev–Trinajstić information content (AvgIpc) is 3.10. The number of amides is 1. The van der Waals surface area contributed by atoms with E-state index in [-0.39, 0.29) is 5.91 Å². The van der Waals surface area contributed by atoms with Gasteiger partial charge in [-0.2, -0.15) is 0 Å². The minimum atomic E-state index is 0.00446. The summed E-state index contributed by atoms with van der Waals surface area (Å²) in [6.07, 6.45) is 3.65. The summed E-state index contributed by atoms with van der Waals surface area (Å²) in [5.74, 6) is 0.593. The van der Waals surface area contributed by atoms with Crippen molar-refractivity contribution in [2.45, 2.75) is 13.3 Å². The highest BCUT2D eigenvalue weighted by molar-refractivity contribution is 9.10. The molecule has 116 valence electrons. The van der Waals surface area contributed by atoms with Crippen molar-refractivity contribution >= 4 is 27.5 Å². The summed E-state index contributed by atoms with van der Waals surface area (Å²) in [5.41, 5.74) is 3.78. The fourth-order valence-electron chi connectivity index (χ4n) is 2.23. The molecule has 1 aromatic heterocycles. The second kappa shape index (κ2) is 6.79. The van der Waals surface area contributed by atoms with Crippen molar-refractivity contribution < 1.29 is 9.21 Å². The summed E-state index contributed by atoms with van der Waals surface area (Å²) >= 11 is 3.58. The van der Waals surface area contributed by atoms with Gasteiger partial charge in [0.05, 0.1) is 6.20 Å². The standard InChI is InChI=1S/C18H15BrN2O2/c1-2-17(22)21-14-6-3-12(4-7-14)15-11-13(5-8-16(15)19)18-20-9-10-23-18/h3-11H,2H2,1H3,(H,21,22). The topological polar surface area (TPSA) is 55.1 Å². The zero-order valence-electron chi connectivity index (χ0n) is 12.5. The molecule has 0 atom stereocenters. The number of nitrogens with one attached hydrogen (secondary N) is 1. The number of hydrogen-bond acceptors (Lipinski definition) is 3. The summed E-state index contributed by atoms with van der Waals surface area (Å²) < 4.78 is 6.34. The Morgan fingerprint density at radius 2 is 1.91 bits per heavy atom. The first-order valence-electron chi connectivity index (χ1n) is 7.27. The van der Waals surface area contributed by atoms with Crippen molar-refractivity contribution in [1.29, 1.82) is 0 Å². The smallest absolute Gasteiger partial charge is 0.225 e. The van der Waals surface area contributed by atoms with Crippen LogP contribution in [-0.4, -0.2) is 10.9 Å². The second-order valence-corrected chi connectivity index (χ2v) is 5.87. The van der Waals surface area contributed by atoms with Crippen LogP contribution in [0.5, 0.6) is 0 Å². The van der Waals surface area contributed by atoms with E-state index in [2.05, 4.69) is 26.2 Å². The van der Waals surface area contributed by atoms with Crippen LogP contribution in [0.4, 0.5) is 5.69 Å². The van der Waals surface area contributed by atoms with Gasteiger partial charge in [0.1, 0.15) is 6.26 Å². The van der Waals surface area contributed by atoms with E-state index in [1.54, 1.807) is 12.5 Å². The Morgan fingerprint density at radius 1 is 1.17 bits per heavy atom. The number of aromatic nitrogens is 1. The predicted molar refractivity (Wildman–Crippen MR) is 94.0 cm³/mol. The van der Waals surface area contributed by atoms with Gasteiger partial charge >= 0.3 is 0 Å². The van der Waals surface area contributed by atoms with Crippen LogP contribution in [0.25, 0.3) is 22.6 Å². The lowest BCUT2D eigenvalue weighted by molar-refractivity contribution is -0.115. The predicted octanol–water partition coefficient (Wildman–Crippen LogP) is 5.12. The molecule has 5 heteroatoms. The summed E-state index contributed by atoms with van der Waals surface area (Å²) in [7, 11) is 0. The molecule has 0 fully saturated rings. The van der Waals surface area contributed by atoms with Crippen molar-refractivity contribution in [3.8, 4) is 22.6 Å². The Hall–Kier alpha value is -2.40. The van der Waals surface area contributed by atoms with Crippen LogP contribution < -0.4 is 5.32 Å². The van der Waals surface area contributed by atoms with E-state index >= 15 is 0 Å². The Balaban J connectivity index is 1.92. The number of hydrogen-bond donors (Lipinski definition) is 1. The number of oxazole rings is 1. The van der Waals surface area contributed by atoms with Gasteiger partial charge in [0.2, 0.25) is 11.8 Å². The molecule has 0 aliphatic rings. The van der Waals surface area contributed by atoms with Gasteiger partial charge < -0.3 is 9.73 Å². The van der Waals surface area contributed by atoms with Crippen LogP contribution in [0.1, 0.15) is 13.3 Å². The normalized spacial score (nSPS) is 10.5. The fourth-order valence-corrected chi connectivity index (χ4v) is 2.70. The van der Waals surface area contributed by atoms with E-state index in [4.69, 9.17) is 4.42 Å². The van der Waals surface area contributed by atoms with Gasteiger partial charge in [-0.3, -0.25) is 4.79 Å². The van der Waals surface area contributed by atoms with Gasteiger partial charge in [0.25, 0.3) is 0 Å². The van der Waals surface area contributed by atoms with Crippen LogP contribution in [0.2, 0.25) is 0 Å². The van der Waals surface area contributed by atoms with Gasteiger partial charge in [0.15, 0.2) is 0 Å². The third kappa shape index (κ3) is 3.51. The number of carbonyl (C=O) groups excluding carboxylic acids is 1. The summed E-state index contributed by atoms with van der Waals surface area (Å²) in [5, 5.41) is 2.84. The van der Waals surface area contributed by atoms with Gasteiger partial charge in [-0.1, -0.05) is 35.0 Å². The molecule has 1 N–H and O–H groups in total. The molecule has 0 saturated carbocycles. The average molecular weight is 371 g/mol. The molecular weight excluding hydrogens is 356 g/mol. The number of rotatable bonds is 4. The lowest BCUT2D eigenvalue weighted by Gasteiger charge is -2.09. The van der Waals surface area contributed by atoms with Gasteiger partial charge in [0, 0.05) is 22.1 Å². The zero-order valence-corrected chi connectivity index (χ0v) is 14.1. The number of benzene rings is 2. The van der Waals surface area contributed by atoms with E-state index < -0.39 is 0 Å². The molecular formula is C18H15BrN2O2. The van der Waals surface area contributed by atoms with Crippen molar-refractivity contribution in [3.05, 3.63) is 59.4 Å². The third-order valence-electron chi connectivity index (χ3n) is 3.45. The van der Waals surface area contributed by atoms with E-state index in [0.29, 0.717) is 12.3 Å². The van der Waals surface area contributed by atoms with E-state index in [9.17, 15) is 4.79 Å². The molecule has 0 saturated heterocycles. The fraction of sp³-hybridized carbons (Fsp3) is 0.111. The molecule has 1 amide bonds. The minimum Gasteiger partial charge on any atom is -0.445 e.